The Hall–Kier alpha value is -2.75. The van der Waals surface area contributed by atoms with Gasteiger partial charge < -0.3 is 19.9 Å². The Kier molecular flexibility index (Phi) is 10.9. The normalized spacial score (nSPS) is 19.4. The summed E-state index contributed by atoms with van der Waals surface area (Å²) in [4.78, 5) is 22.0. The van der Waals surface area contributed by atoms with Gasteiger partial charge in [-0.1, -0.05) is 26.3 Å². The number of methoxy groups -OCH3 is 1. The van der Waals surface area contributed by atoms with Gasteiger partial charge in [-0.15, -0.1) is 0 Å². The molecule has 3 aliphatic rings. The van der Waals surface area contributed by atoms with Crippen LogP contribution in [0.15, 0.2) is 24.3 Å². The minimum atomic E-state index is -0.978. The number of benzene rings is 1. The van der Waals surface area contributed by atoms with Gasteiger partial charge in [-0.3, -0.25) is 14.6 Å². The number of nitrogens with zero attached hydrogens (tertiary/aromatic N) is 3. The Balaban J connectivity index is 1.20. The van der Waals surface area contributed by atoms with Gasteiger partial charge in [-0.25, -0.2) is 9.37 Å². The molecule has 0 radical (unpaired) electrons. The topological polar surface area (TPSA) is 87.2 Å². The van der Waals surface area contributed by atoms with Gasteiger partial charge in [0.05, 0.1) is 19.8 Å². The van der Waals surface area contributed by atoms with Crippen LogP contribution >= 0.6 is 0 Å². The first-order valence-corrected chi connectivity index (χ1v) is 16.3. The summed E-state index contributed by atoms with van der Waals surface area (Å²) in [5.41, 5.74) is 3.65. The molecule has 0 bridgehead atoms. The second-order valence-corrected chi connectivity index (χ2v) is 12.7. The zero-order valence-electron chi connectivity index (χ0n) is 26.1. The SMILES string of the molecule is COc1c(F)cc(C(C)C)cc1C(C(=O)O)N1CC[C@@H](N(CCCCCc2ccc3c(n2)NCCC3)CCOC2CC2)C1. The van der Waals surface area contributed by atoms with E-state index in [0.717, 1.165) is 88.1 Å². The lowest BCUT2D eigenvalue weighted by molar-refractivity contribution is -0.143. The van der Waals surface area contributed by atoms with Gasteiger partial charge in [0.2, 0.25) is 0 Å². The van der Waals surface area contributed by atoms with E-state index in [4.69, 9.17) is 14.5 Å². The van der Waals surface area contributed by atoms with Gasteiger partial charge >= 0.3 is 5.97 Å². The smallest absolute Gasteiger partial charge is 0.325 e. The lowest BCUT2D eigenvalue weighted by Gasteiger charge is -2.31. The van der Waals surface area contributed by atoms with Crippen molar-refractivity contribution in [3.8, 4) is 5.75 Å². The summed E-state index contributed by atoms with van der Waals surface area (Å²) in [6.07, 6.45) is 10.1. The molecule has 43 heavy (non-hydrogen) atoms. The summed E-state index contributed by atoms with van der Waals surface area (Å²) in [5.74, 6) is -0.326. The van der Waals surface area contributed by atoms with Crippen molar-refractivity contribution in [1.82, 2.24) is 14.8 Å². The number of unbranched alkanes of at least 4 members (excludes halogenated alkanes) is 2. The van der Waals surface area contributed by atoms with Gasteiger partial charge in [0, 0.05) is 43.5 Å². The van der Waals surface area contributed by atoms with Gasteiger partial charge in [0.25, 0.3) is 0 Å². The highest BCUT2D eigenvalue weighted by molar-refractivity contribution is 5.77. The number of hydrogen-bond donors (Lipinski definition) is 2. The molecule has 2 aliphatic heterocycles. The fraction of sp³-hybridized carbons (Fsp3) is 0.647. The lowest BCUT2D eigenvalue weighted by atomic mass is 9.95. The van der Waals surface area contributed by atoms with Gasteiger partial charge in [0.1, 0.15) is 11.9 Å². The number of rotatable bonds is 16. The number of anilines is 1. The van der Waals surface area contributed by atoms with E-state index in [-0.39, 0.29) is 17.7 Å². The molecule has 8 nitrogen and oxygen atoms in total. The van der Waals surface area contributed by atoms with Gasteiger partial charge in [0.15, 0.2) is 11.6 Å². The van der Waals surface area contributed by atoms with Crippen LogP contribution in [0.4, 0.5) is 10.2 Å². The number of aryl methyl sites for hydroxylation is 2. The van der Waals surface area contributed by atoms with Gasteiger partial charge in [-0.05, 0) is 93.2 Å². The summed E-state index contributed by atoms with van der Waals surface area (Å²) >= 11 is 0. The fourth-order valence-electron chi connectivity index (χ4n) is 6.53. The van der Waals surface area contributed by atoms with E-state index in [1.54, 1.807) is 0 Å². The van der Waals surface area contributed by atoms with Crippen LogP contribution in [-0.4, -0.2) is 84.4 Å². The zero-order chi connectivity index (χ0) is 30.3. The predicted molar refractivity (Wildman–Crippen MR) is 167 cm³/mol. The number of pyridine rings is 1. The van der Waals surface area contributed by atoms with Crippen molar-refractivity contribution in [3.05, 3.63) is 52.5 Å². The molecule has 9 heteroatoms. The molecule has 1 unspecified atom stereocenters. The first-order valence-electron chi connectivity index (χ1n) is 16.3. The Morgan fingerprint density at radius 3 is 2.77 bits per heavy atom. The molecule has 1 saturated carbocycles. The first-order chi connectivity index (χ1) is 20.8. The van der Waals surface area contributed by atoms with Crippen LogP contribution in [0.5, 0.6) is 5.75 Å². The van der Waals surface area contributed by atoms with Crippen molar-refractivity contribution in [2.24, 2.45) is 0 Å². The minimum Gasteiger partial charge on any atom is -0.493 e. The van der Waals surface area contributed by atoms with Crippen LogP contribution in [0.3, 0.4) is 0 Å². The fourth-order valence-corrected chi connectivity index (χ4v) is 6.53. The Labute approximate surface area is 256 Å². The summed E-state index contributed by atoms with van der Waals surface area (Å²) in [5, 5.41) is 13.8. The van der Waals surface area contributed by atoms with Crippen LogP contribution in [0.2, 0.25) is 0 Å². The summed E-state index contributed by atoms with van der Waals surface area (Å²) in [6.45, 7) is 8.70. The number of likely N-dealkylation sites (tertiary alicyclic amines) is 1. The number of nitrogens with one attached hydrogen (secondary N) is 1. The average molecular weight is 597 g/mol. The number of hydrogen-bond acceptors (Lipinski definition) is 7. The molecule has 1 aliphatic carbocycles. The maximum atomic E-state index is 15.0. The molecule has 2 N–H and O–H groups in total. The van der Waals surface area contributed by atoms with E-state index >= 15 is 4.39 Å². The molecule has 1 saturated heterocycles. The molecule has 0 spiro atoms. The molecule has 0 amide bonds. The van der Waals surface area contributed by atoms with Crippen molar-refractivity contribution < 1.29 is 23.8 Å². The number of aliphatic carboxylic acids is 1. The summed E-state index contributed by atoms with van der Waals surface area (Å²) in [6, 6.07) is 6.94. The van der Waals surface area contributed by atoms with Gasteiger partial charge in [-0.2, -0.15) is 0 Å². The van der Waals surface area contributed by atoms with E-state index in [0.29, 0.717) is 31.4 Å². The molecule has 2 atom stereocenters. The summed E-state index contributed by atoms with van der Waals surface area (Å²) in [7, 11) is 1.41. The maximum absolute atomic E-state index is 15.0. The van der Waals surface area contributed by atoms with Crippen molar-refractivity contribution >= 4 is 11.8 Å². The monoisotopic (exact) mass is 596 g/mol. The largest absolute Gasteiger partial charge is 0.493 e. The predicted octanol–water partition coefficient (Wildman–Crippen LogP) is 5.80. The minimum absolute atomic E-state index is 0.0270. The highest BCUT2D eigenvalue weighted by Crippen LogP contribution is 2.37. The Morgan fingerprint density at radius 1 is 1.19 bits per heavy atom. The summed E-state index contributed by atoms with van der Waals surface area (Å²) < 4.78 is 26.4. The molecular weight excluding hydrogens is 547 g/mol. The molecule has 3 heterocycles. The van der Waals surface area contributed by atoms with Crippen LogP contribution in [0, 0.1) is 5.82 Å². The molecule has 236 valence electrons. The average Bonchev–Trinajstić information content (AvgIpc) is 3.70. The number of carboxylic acid groups (broad SMARTS) is 1. The standard InChI is InChI=1S/C34H49FN4O4/c1-23(2)25-20-29(32(42-3)30(35)21-25)31(34(40)41)39-17-14-27(22-39)38(18-19-43-28-12-13-28)16-6-4-5-9-26-11-10-24-8-7-15-36-33(24)37-26/h10-11,20-21,23,27-28,31H,4-9,12-19,22H2,1-3H3,(H,36,37)(H,40,41)/t27-,31?/m1/s1. The highest BCUT2D eigenvalue weighted by atomic mass is 19.1. The van der Waals surface area contributed by atoms with Crippen molar-refractivity contribution in [2.75, 3.05) is 51.8 Å². The highest BCUT2D eigenvalue weighted by Gasteiger charge is 2.38. The number of ether oxygens (including phenoxy) is 2. The third kappa shape index (κ3) is 8.25. The third-order valence-electron chi connectivity index (χ3n) is 9.16. The van der Waals surface area contributed by atoms with Crippen molar-refractivity contribution in [2.45, 2.75) is 95.7 Å². The first kappa shape index (κ1) is 31.7. The maximum Gasteiger partial charge on any atom is 0.325 e. The van der Waals surface area contributed by atoms with Crippen LogP contribution < -0.4 is 10.1 Å². The lowest BCUT2D eigenvalue weighted by Crippen LogP contribution is -2.41. The second-order valence-electron chi connectivity index (χ2n) is 12.7. The van der Waals surface area contributed by atoms with Crippen LogP contribution in [-0.2, 0) is 22.4 Å². The number of halogens is 1. The molecule has 1 aromatic heterocycles. The van der Waals surface area contributed by atoms with Crippen molar-refractivity contribution in [1.29, 1.82) is 0 Å². The van der Waals surface area contributed by atoms with E-state index < -0.39 is 17.8 Å². The Morgan fingerprint density at radius 2 is 2.02 bits per heavy atom. The quantitative estimate of drug-likeness (QED) is 0.235. The number of carbonyl (C=O) groups is 1. The Bertz CT molecular complexity index is 1240. The van der Waals surface area contributed by atoms with E-state index in [2.05, 4.69) is 22.3 Å². The second kappa shape index (κ2) is 14.8. The molecule has 1 aromatic carbocycles. The molecule has 5 rings (SSSR count). The molecule has 2 fully saturated rings. The van der Waals surface area contributed by atoms with E-state index in [1.807, 2.05) is 24.8 Å². The zero-order valence-corrected chi connectivity index (χ0v) is 26.1. The van der Waals surface area contributed by atoms with Crippen molar-refractivity contribution in [3.63, 3.8) is 0 Å². The van der Waals surface area contributed by atoms with Crippen LogP contribution in [0.1, 0.15) is 93.1 Å². The molecular formula is C34H49FN4O4. The molecule has 2 aromatic rings. The van der Waals surface area contributed by atoms with Crippen LogP contribution in [0.25, 0.3) is 0 Å². The number of carboxylic acids is 1. The third-order valence-corrected chi connectivity index (χ3v) is 9.16. The van der Waals surface area contributed by atoms with E-state index in [1.165, 1.54) is 25.2 Å². The van der Waals surface area contributed by atoms with E-state index in [9.17, 15) is 9.90 Å². The number of aromatic nitrogens is 1. The number of fused-ring (bicyclic) bond motifs is 1.